The minimum absolute atomic E-state index is 0.0504. The minimum atomic E-state index is -3.40. The van der Waals surface area contributed by atoms with Crippen molar-refractivity contribution < 1.29 is 13.2 Å². The lowest BCUT2D eigenvalue weighted by atomic mass is 10.3. The average molecular weight is 297 g/mol. The maximum Gasteiger partial charge on any atom is 0.217 e. The van der Waals surface area contributed by atoms with Crippen LogP contribution in [0, 0.1) is 11.3 Å². The molecule has 2 N–H and O–H groups in total. The first-order chi connectivity index (χ1) is 9.49. The van der Waals surface area contributed by atoms with E-state index >= 15 is 0 Å². The Morgan fingerprint density at radius 3 is 2.80 bits per heavy atom. The Hall–Kier alpha value is -1.78. The molecule has 0 aromatic heterocycles. The minimum Gasteiger partial charge on any atom is -0.492 e. The van der Waals surface area contributed by atoms with Crippen molar-refractivity contribution in [3.8, 4) is 11.8 Å². The molecule has 0 aliphatic carbocycles. The molecule has 110 valence electrons. The van der Waals surface area contributed by atoms with Gasteiger partial charge in [-0.3, -0.25) is 0 Å². The summed E-state index contributed by atoms with van der Waals surface area (Å²) in [5.41, 5.74) is 6.17. The van der Waals surface area contributed by atoms with Gasteiger partial charge in [-0.25, -0.2) is 12.7 Å². The molecule has 0 atom stereocenters. The number of sulfonamides is 1. The first-order valence-electron chi connectivity index (χ1n) is 6.32. The zero-order chi connectivity index (χ0) is 15.0. The largest absolute Gasteiger partial charge is 0.492 e. The molecule has 0 aliphatic heterocycles. The maximum absolute atomic E-state index is 12.0. The zero-order valence-electron chi connectivity index (χ0n) is 11.4. The molecule has 7 heteroatoms. The van der Waals surface area contributed by atoms with Crippen LogP contribution in [0.1, 0.15) is 13.3 Å². The average Bonchev–Trinajstić information content (AvgIpc) is 2.39. The molecule has 0 unspecified atom stereocenters. The maximum atomic E-state index is 12.0. The Bertz CT molecular complexity index is 566. The first kappa shape index (κ1) is 16.3. The van der Waals surface area contributed by atoms with Crippen LogP contribution in [-0.4, -0.2) is 38.2 Å². The predicted octanol–water partition coefficient (Wildman–Crippen LogP) is 1.21. The Kier molecular flexibility index (Phi) is 6.28. The van der Waals surface area contributed by atoms with Crippen molar-refractivity contribution in [3.05, 3.63) is 24.3 Å². The quantitative estimate of drug-likeness (QED) is 0.728. The van der Waals surface area contributed by atoms with Crippen molar-refractivity contribution in [2.45, 2.75) is 13.3 Å². The highest BCUT2D eigenvalue weighted by molar-refractivity contribution is 7.89. The number of nitrogen functional groups attached to an aromatic ring is 1. The van der Waals surface area contributed by atoms with Crippen LogP contribution in [0.4, 0.5) is 5.69 Å². The van der Waals surface area contributed by atoms with Gasteiger partial charge in [0.15, 0.2) is 0 Å². The van der Waals surface area contributed by atoms with Gasteiger partial charge in [0.2, 0.25) is 10.0 Å². The van der Waals surface area contributed by atoms with Crippen molar-refractivity contribution in [1.82, 2.24) is 4.31 Å². The summed E-state index contributed by atoms with van der Waals surface area (Å²) in [7, 11) is -3.40. The molecule has 0 saturated carbocycles. The van der Waals surface area contributed by atoms with Gasteiger partial charge in [0.05, 0.1) is 11.8 Å². The molecule has 0 fully saturated rings. The van der Waals surface area contributed by atoms with Gasteiger partial charge in [-0.05, 0) is 12.1 Å². The second-order valence-electron chi connectivity index (χ2n) is 4.14. The van der Waals surface area contributed by atoms with E-state index in [0.717, 1.165) is 0 Å². The van der Waals surface area contributed by atoms with Gasteiger partial charge in [0.1, 0.15) is 12.4 Å². The van der Waals surface area contributed by atoms with Gasteiger partial charge >= 0.3 is 0 Å². The van der Waals surface area contributed by atoms with E-state index in [4.69, 9.17) is 15.7 Å². The first-order valence-corrected chi connectivity index (χ1v) is 7.93. The summed E-state index contributed by atoms with van der Waals surface area (Å²) in [4.78, 5) is 0. The van der Waals surface area contributed by atoms with E-state index in [1.807, 2.05) is 6.07 Å². The van der Waals surface area contributed by atoms with Crippen LogP contribution in [0.3, 0.4) is 0 Å². The summed E-state index contributed by atoms with van der Waals surface area (Å²) < 4.78 is 30.7. The second kappa shape index (κ2) is 7.72. The fourth-order valence-corrected chi connectivity index (χ4v) is 2.98. The van der Waals surface area contributed by atoms with E-state index < -0.39 is 10.0 Å². The monoisotopic (exact) mass is 297 g/mol. The van der Waals surface area contributed by atoms with Gasteiger partial charge in [-0.15, -0.1) is 0 Å². The Labute approximate surface area is 119 Å². The van der Waals surface area contributed by atoms with Gasteiger partial charge in [0.25, 0.3) is 0 Å². The molecule has 0 saturated heterocycles. The number of hydrogen-bond donors (Lipinski definition) is 1. The van der Waals surface area contributed by atoms with Crippen molar-refractivity contribution >= 4 is 15.7 Å². The van der Waals surface area contributed by atoms with Crippen LogP contribution >= 0.6 is 0 Å². The summed E-state index contributed by atoms with van der Waals surface area (Å²) in [6.07, 6.45) is 0.184. The molecule has 0 radical (unpaired) electrons. The van der Waals surface area contributed by atoms with E-state index in [1.54, 1.807) is 31.2 Å². The Morgan fingerprint density at radius 1 is 1.45 bits per heavy atom. The summed E-state index contributed by atoms with van der Waals surface area (Å²) in [6.45, 7) is 2.36. The van der Waals surface area contributed by atoms with Crippen LogP contribution < -0.4 is 10.5 Å². The van der Waals surface area contributed by atoms with Crippen LogP contribution in [-0.2, 0) is 10.0 Å². The molecule has 1 aromatic rings. The fourth-order valence-electron chi connectivity index (χ4n) is 1.67. The highest BCUT2D eigenvalue weighted by atomic mass is 32.2. The Morgan fingerprint density at radius 2 is 2.20 bits per heavy atom. The van der Waals surface area contributed by atoms with Gasteiger partial charge in [-0.2, -0.15) is 5.26 Å². The number of nitriles is 1. The van der Waals surface area contributed by atoms with E-state index in [-0.39, 0.29) is 25.3 Å². The molecule has 0 spiro atoms. The van der Waals surface area contributed by atoms with E-state index in [2.05, 4.69) is 0 Å². The molecule has 0 bridgehead atoms. The number of ether oxygens (including phenoxy) is 1. The number of nitrogens with zero attached hydrogens (tertiary/aromatic N) is 2. The summed E-state index contributed by atoms with van der Waals surface area (Å²) in [5, 5.41) is 8.52. The molecule has 0 aliphatic rings. The third-order valence-corrected chi connectivity index (χ3v) is 4.60. The Balaban J connectivity index is 2.52. The molecule has 0 heterocycles. The van der Waals surface area contributed by atoms with E-state index in [0.29, 0.717) is 18.0 Å². The molecule has 6 nitrogen and oxygen atoms in total. The second-order valence-corrected chi connectivity index (χ2v) is 6.23. The molecular formula is C13H19N3O3S. The number of hydrogen-bond acceptors (Lipinski definition) is 5. The van der Waals surface area contributed by atoms with Gasteiger partial charge in [0, 0.05) is 31.3 Å². The summed E-state index contributed by atoms with van der Waals surface area (Å²) >= 11 is 0. The fraction of sp³-hybridized carbons (Fsp3) is 0.462. The lowest BCUT2D eigenvalue weighted by Gasteiger charge is -2.19. The summed E-state index contributed by atoms with van der Waals surface area (Å²) in [5.74, 6) is 0.418. The number of rotatable bonds is 8. The van der Waals surface area contributed by atoms with Crippen molar-refractivity contribution in [2.75, 3.05) is 31.2 Å². The van der Waals surface area contributed by atoms with E-state index in [1.165, 1.54) is 4.31 Å². The number of benzene rings is 1. The molecular weight excluding hydrogens is 278 g/mol. The molecule has 1 rings (SSSR count). The highest BCUT2D eigenvalue weighted by Gasteiger charge is 2.19. The summed E-state index contributed by atoms with van der Waals surface area (Å²) in [6, 6.07) is 8.77. The van der Waals surface area contributed by atoms with Gasteiger partial charge < -0.3 is 10.5 Å². The van der Waals surface area contributed by atoms with Crippen LogP contribution in [0.25, 0.3) is 0 Å². The molecule has 20 heavy (non-hydrogen) atoms. The smallest absolute Gasteiger partial charge is 0.217 e. The third kappa shape index (κ3) is 5.07. The number of nitrogens with two attached hydrogens (primary N) is 1. The van der Waals surface area contributed by atoms with Crippen molar-refractivity contribution in [3.63, 3.8) is 0 Å². The zero-order valence-corrected chi connectivity index (χ0v) is 12.3. The number of anilines is 1. The van der Waals surface area contributed by atoms with Gasteiger partial charge in [-0.1, -0.05) is 13.0 Å². The van der Waals surface area contributed by atoms with Crippen molar-refractivity contribution in [2.24, 2.45) is 0 Å². The lowest BCUT2D eigenvalue weighted by molar-refractivity contribution is 0.335. The topological polar surface area (TPSA) is 96.4 Å². The normalized spacial score (nSPS) is 11.2. The van der Waals surface area contributed by atoms with Crippen LogP contribution in [0.15, 0.2) is 24.3 Å². The van der Waals surface area contributed by atoms with Crippen LogP contribution in [0.5, 0.6) is 5.75 Å². The lowest BCUT2D eigenvalue weighted by Crippen LogP contribution is -2.35. The highest BCUT2D eigenvalue weighted by Crippen LogP contribution is 2.14. The van der Waals surface area contributed by atoms with Crippen LogP contribution in [0.2, 0.25) is 0 Å². The molecule has 1 aromatic carbocycles. The third-order valence-electron chi connectivity index (χ3n) is 2.69. The SMILES string of the molecule is CCN(CCC#N)S(=O)(=O)CCOc1cccc(N)c1. The standard InChI is InChI=1S/C13H19N3O3S/c1-2-16(8-4-7-14)20(17,18)10-9-19-13-6-3-5-12(15)11-13/h3,5-6,11H,2,4,8-10,15H2,1H3. The molecule has 0 amide bonds. The van der Waals surface area contributed by atoms with Crippen molar-refractivity contribution in [1.29, 1.82) is 5.26 Å². The van der Waals surface area contributed by atoms with E-state index in [9.17, 15) is 8.42 Å². The predicted molar refractivity (Wildman–Crippen MR) is 77.6 cm³/mol.